The summed E-state index contributed by atoms with van der Waals surface area (Å²) >= 11 is 0. The molecule has 1 N–H and O–H groups in total. The van der Waals surface area contributed by atoms with Gasteiger partial charge in [0.05, 0.1) is 11.9 Å². The molecule has 1 atom stereocenters. The summed E-state index contributed by atoms with van der Waals surface area (Å²) in [6, 6.07) is 2.46. The molecular formula is C12H11F4N3O. The Labute approximate surface area is 111 Å². The van der Waals surface area contributed by atoms with Crippen molar-refractivity contribution in [3.63, 3.8) is 0 Å². The zero-order valence-corrected chi connectivity index (χ0v) is 10.4. The third-order valence-electron chi connectivity index (χ3n) is 2.78. The van der Waals surface area contributed by atoms with E-state index in [0.29, 0.717) is 4.68 Å². The molecule has 0 aliphatic heterocycles. The summed E-state index contributed by atoms with van der Waals surface area (Å²) in [6.07, 6.45) is -1.15. The number of hydrogen-bond donors (Lipinski definition) is 1. The van der Waals surface area contributed by atoms with E-state index in [-0.39, 0.29) is 11.3 Å². The topological polar surface area (TPSA) is 50.9 Å². The molecule has 1 unspecified atom stereocenters. The normalized spacial score (nSPS) is 15.1. The highest BCUT2D eigenvalue weighted by molar-refractivity contribution is 5.30. The minimum Gasteiger partial charge on any atom is -0.379 e. The number of pyridine rings is 1. The van der Waals surface area contributed by atoms with Gasteiger partial charge in [-0.15, -0.1) is 0 Å². The van der Waals surface area contributed by atoms with Crippen molar-refractivity contribution in [3.8, 4) is 0 Å². The van der Waals surface area contributed by atoms with Crippen LogP contribution in [0.2, 0.25) is 0 Å². The Morgan fingerprint density at radius 3 is 2.60 bits per heavy atom. The summed E-state index contributed by atoms with van der Waals surface area (Å²) in [7, 11) is 0. The van der Waals surface area contributed by atoms with Crippen molar-refractivity contribution >= 4 is 0 Å². The van der Waals surface area contributed by atoms with Gasteiger partial charge in [0.25, 0.3) is 0 Å². The molecule has 0 amide bonds. The molecule has 0 aliphatic carbocycles. The van der Waals surface area contributed by atoms with Crippen LogP contribution in [0.1, 0.15) is 18.2 Å². The Hall–Kier alpha value is -1.96. The van der Waals surface area contributed by atoms with E-state index in [4.69, 9.17) is 0 Å². The molecule has 0 bridgehead atoms. The quantitative estimate of drug-likeness (QED) is 0.882. The van der Waals surface area contributed by atoms with Crippen molar-refractivity contribution in [1.29, 1.82) is 0 Å². The molecule has 0 saturated carbocycles. The summed E-state index contributed by atoms with van der Waals surface area (Å²) < 4.78 is 51.0. The maximum atomic E-state index is 13.6. The third-order valence-corrected chi connectivity index (χ3v) is 2.78. The van der Waals surface area contributed by atoms with Crippen LogP contribution in [0.4, 0.5) is 17.6 Å². The first kappa shape index (κ1) is 14.4. The fraction of sp³-hybridized carbons (Fsp3) is 0.333. The third kappa shape index (κ3) is 2.96. The van der Waals surface area contributed by atoms with Crippen molar-refractivity contribution in [3.05, 3.63) is 47.8 Å². The largest absolute Gasteiger partial charge is 0.408 e. The van der Waals surface area contributed by atoms with Crippen LogP contribution in [0, 0.1) is 5.82 Å². The van der Waals surface area contributed by atoms with E-state index in [2.05, 4.69) is 10.1 Å². The van der Waals surface area contributed by atoms with Gasteiger partial charge in [-0.2, -0.15) is 18.3 Å². The number of rotatable bonds is 3. The highest BCUT2D eigenvalue weighted by Gasteiger charge is 2.33. The molecule has 20 heavy (non-hydrogen) atoms. The van der Waals surface area contributed by atoms with Crippen LogP contribution in [0.5, 0.6) is 0 Å². The zero-order valence-electron chi connectivity index (χ0n) is 10.4. The van der Waals surface area contributed by atoms with Crippen LogP contribution in [0.3, 0.4) is 0 Å². The standard InChI is InChI=1S/C12H11F4N3O/c1-11(20,8-2-4-17-6-9(8)13)10-3-5-19(18-10)7-12(14,15)16/h2-6,20H,7H2,1H3. The fourth-order valence-corrected chi connectivity index (χ4v) is 1.80. The van der Waals surface area contributed by atoms with Crippen LogP contribution in [0.25, 0.3) is 0 Å². The molecule has 8 heteroatoms. The molecular weight excluding hydrogens is 278 g/mol. The fourth-order valence-electron chi connectivity index (χ4n) is 1.80. The predicted molar refractivity (Wildman–Crippen MR) is 61.1 cm³/mol. The Bertz CT molecular complexity index is 607. The molecule has 0 radical (unpaired) electrons. The first-order valence-corrected chi connectivity index (χ1v) is 5.63. The van der Waals surface area contributed by atoms with E-state index in [1.165, 1.54) is 25.3 Å². The van der Waals surface area contributed by atoms with E-state index in [1.807, 2.05) is 0 Å². The Morgan fingerprint density at radius 1 is 1.30 bits per heavy atom. The van der Waals surface area contributed by atoms with Crippen LogP contribution in [-0.2, 0) is 12.1 Å². The minimum absolute atomic E-state index is 0.0770. The van der Waals surface area contributed by atoms with Gasteiger partial charge >= 0.3 is 6.18 Å². The van der Waals surface area contributed by atoms with Crippen LogP contribution < -0.4 is 0 Å². The maximum Gasteiger partial charge on any atom is 0.408 e. The second-order valence-corrected chi connectivity index (χ2v) is 4.44. The monoisotopic (exact) mass is 289 g/mol. The lowest BCUT2D eigenvalue weighted by Crippen LogP contribution is -2.26. The first-order valence-electron chi connectivity index (χ1n) is 5.63. The lowest BCUT2D eigenvalue weighted by atomic mass is 9.93. The van der Waals surface area contributed by atoms with Gasteiger partial charge in [-0.25, -0.2) is 4.39 Å². The summed E-state index contributed by atoms with van der Waals surface area (Å²) in [6.45, 7) is -0.0203. The van der Waals surface area contributed by atoms with Crippen LogP contribution in [-0.4, -0.2) is 26.0 Å². The average Bonchev–Trinajstić information content (AvgIpc) is 2.76. The van der Waals surface area contributed by atoms with Gasteiger partial charge in [0.1, 0.15) is 18.0 Å². The van der Waals surface area contributed by atoms with Crippen molar-refractivity contribution in [2.24, 2.45) is 0 Å². The molecule has 0 spiro atoms. The molecule has 2 heterocycles. The SMILES string of the molecule is CC(O)(c1ccn(CC(F)(F)F)n1)c1ccncc1F. The summed E-state index contributed by atoms with van der Waals surface area (Å²) in [5, 5.41) is 14.0. The summed E-state index contributed by atoms with van der Waals surface area (Å²) in [5.41, 5.74) is -2.03. The second-order valence-electron chi connectivity index (χ2n) is 4.44. The molecule has 0 aliphatic rings. The number of alkyl halides is 3. The van der Waals surface area contributed by atoms with E-state index >= 15 is 0 Å². The zero-order chi connectivity index (χ0) is 15.0. The Morgan fingerprint density at radius 2 is 2.00 bits per heavy atom. The molecule has 2 aromatic heterocycles. The molecule has 0 fully saturated rings. The minimum atomic E-state index is -4.42. The van der Waals surface area contributed by atoms with Gasteiger partial charge in [0, 0.05) is 18.0 Å². The van der Waals surface area contributed by atoms with E-state index in [0.717, 1.165) is 12.4 Å². The van der Waals surface area contributed by atoms with E-state index < -0.39 is 24.1 Å². The number of hydrogen-bond acceptors (Lipinski definition) is 3. The molecule has 0 aromatic carbocycles. The maximum absolute atomic E-state index is 13.6. The Kier molecular flexibility index (Phi) is 3.51. The molecule has 2 aromatic rings. The highest BCUT2D eigenvalue weighted by Crippen LogP contribution is 2.29. The number of aromatic nitrogens is 3. The van der Waals surface area contributed by atoms with Gasteiger partial charge in [-0.1, -0.05) is 0 Å². The van der Waals surface area contributed by atoms with Gasteiger partial charge in [-0.05, 0) is 19.1 Å². The lowest BCUT2D eigenvalue weighted by molar-refractivity contribution is -0.142. The number of halogens is 4. The molecule has 108 valence electrons. The van der Waals surface area contributed by atoms with Crippen LogP contribution >= 0.6 is 0 Å². The van der Waals surface area contributed by atoms with E-state index in [1.54, 1.807) is 0 Å². The van der Waals surface area contributed by atoms with Crippen LogP contribution in [0.15, 0.2) is 30.7 Å². The van der Waals surface area contributed by atoms with Gasteiger partial charge in [0.15, 0.2) is 0 Å². The molecule has 2 rings (SSSR count). The number of aliphatic hydroxyl groups is 1. The number of nitrogens with zero attached hydrogens (tertiary/aromatic N) is 3. The average molecular weight is 289 g/mol. The smallest absolute Gasteiger partial charge is 0.379 e. The molecule has 0 saturated heterocycles. The Balaban J connectivity index is 2.33. The lowest BCUT2D eigenvalue weighted by Gasteiger charge is -2.21. The van der Waals surface area contributed by atoms with Crippen molar-refractivity contribution in [1.82, 2.24) is 14.8 Å². The van der Waals surface area contributed by atoms with Crippen molar-refractivity contribution in [2.75, 3.05) is 0 Å². The predicted octanol–water partition coefficient (Wildman–Crippen LogP) is 2.24. The molecule has 4 nitrogen and oxygen atoms in total. The highest BCUT2D eigenvalue weighted by atomic mass is 19.4. The van der Waals surface area contributed by atoms with Gasteiger partial charge in [0.2, 0.25) is 0 Å². The second kappa shape index (κ2) is 4.86. The van der Waals surface area contributed by atoms with Crippen molar-refractivity contribution in [2.45, 2.75) is 25.2 Å². The van der Waals surface area contributed by atoms with Gasteiger partial charge < -0.3 is 5.11 Å². The van der Waals surface area contributed by atoms with Gasteiger partial charge in [-0.3, -0.25) is 9.67 Å². The van der Waals surface area contributed by atoms with Crippen molar-refractivity contribution < 1.29 is 22.7 Å². The first-order chi connectivity index (χ1) is 9.20. The van der Waals surface area contributed by atoms with E-state index in [9.17, 15) is 22.7 Å². The summed E-state index contributed by atoms with van der Waals surface area (Å²) in [5.74, 6) is -0.761. The summed E-state index contributed by atoms with van der Waals surface area (Å²) in [4.78, 5) is 3.55.